The Morgan fingerprint density at radius 2 is 2.05 bits per heavy atom. The summed E-state index contributed by atoms with van der Waals surface area (Å²) in [7, 11) is 2.07. The highest BCUT2D eigenvalue weighted by atomic mass is 15.3. The molecular weight excluding hydrogens is 258 g/mol. The molecule has 0 aliphatic carbocycles. The molecule has 21 heavy (non-hydrogen) atoms. The molecule has 2 atom stereocenters. The summed E-state index contributed by atoms with van der Waals surface area (Å²) in [6.07, 6.45) is 5.31. The molecular formula is C18H29N3. The van der Waals surface area contributed by atoms with Crippen molar-refractivity contribution in [1.82, 2.24) is 10.2 Å². The lowest BCUT2D eigenvalue weighted by atomic mass is 9.97. The van der Waals surface area contributed by atoms with Gasteiger partial charge in [0.05, 0.1) is 0 Å². The molecule has 0 amide bonds. The minimum Gasteiger partial charge on any atom is -0.368 e. The lowest BCUT2D eigenvalue weighted by Crippen LogP contribution is -2.55. The number of anilines is 1. The third kappa shape index (κ3) is 3.09. The van der Waals surface area contributed by atoms with Gasteiger partial charge in [-0.2, -0.15) is 0 Å². The van der Waals surface area contributed by atoms with Crippen molar-refractivity contribution < 1.29 is 0 Å². The Hall–Kier alpha value is -1.06. The van der Waals surface area contributed by atoms with Crippen LogP contribution in [0.5, 0.6) is 0 Å². The molecule has 2 unspecified atom stereocenters. The molecule has 116 valence electrons. The molecule has 3 rings (SSSR count). The minimum absolute atomic E-state index is 0.464. The molecule has 3 nitrogen and oxygen atoms in total. The Labute approximate surface area is 129 Å². The van der Waals surface area contributed by atoms with Gasteiger partial charge in [0.25, 0.3) is 0 Å². The van der Waals surface area contributed by atoms with Crippen molar-refractivity contribution in [2.75, 3.05) is 38.1 Å². The Bertz CT molecular complexity index is 456. The van der Waals surface area contributed by atoms with Crippen molar-refractivity contribution in [2.45, 2.75) is 44.7 Å². The van der Waals surface area contributed by atoms with Crippen LogP contribution in [0.3, 0.4) is 0 Å². The Morgan fingerprint density at radius 3 is 2.86 bits per heavy atom. The number of fused-ring (bicyclic) bond motifs is 1. The molecule has 1 aromatic rings. The van der Waals surface area contributed by atoms with Crippen molar-refractivity contribution in [3.8, 4) is 0 Å². The van der Waals surface area contributed by atoms with Gasteiger partial charge in [0.2, 0.25) is 0 Å². The van der Waals surface area contributed by atoms with Crippen LogP contribution < -0.4 is 10.2 Å². The second kappa shape index (κ2) is 6.80. The standard InChI is InChI=1S/C18H29N3/c1-3-17(19-2)16-9-4-5-10-18(16)21-13-12-20-11-7-6-8-15(20)14-21/h4-5,9-10,15,17,19H,3,6-8,11-14H2,1-2H3. The van der Waals surface area contributed by atoms with Gasteiger partial charge in [-0.05, 0) is 44.5 Å². The molecule has 2 saturated heterocycles. The predicted octanol–water partition coefficient (Wildman–Crippen LogP) is 3.03. The number of piperidine rings is 1. The first-order valence-electron chi connectivity index (χ1n) is 8.58. The highest BCUT2D eigenvalue weighted by Crippen LogP contribution is 2.31. The van der Waals surface area contributed by atoms with E-state index in [1.807, 2.05) is 0 Å². The number of rotatable bonds is 4. The molecule has 0 bridgehead atoms. The van der Waals surface area contributed by atoms with Crippen LogP contribution in [0.15, 0.2) is 24.3 Å². The number of nitrogens with zero attached hydrogens (tertiary/aromatic N) is 2. The summed E-state index contributed by atoms with van der Waals surface area (Å²) < 4.78 is 0. The third-order valence-electron chi connectivity index (χ3n) is 5.25. The van der Waals surface area contributed by atoms with Crippen LogP contribution >= 0.6 is 0 Å². The summed E-state index contributed by atoms with van der Waals surface area (Å²) in [5.41, 5.74) is 2.91. The van der Waals surface area contributed by atoms with Gasteiger partial charge in [0.1, 0.15) is 0 Å². The van der Waals surface area contributed by atoms with Gasteiger partial charge in [0.15, 0.2) is 0 Å². The van der Waals surface area contributed by atoms with Crippen LogP contribution in [0.25, 0.3) is 0 Å². The first-order chi connectivity index (χ1) is 10.3. The monoisotopic (exact) mass is 287 g/mol. The lowest BCUT2D eigenvalue weighted by molar-refractivity contribution is 0.133. The van der Waals surface area contributed by atoms with Gasteiger partial charge in [-0.3, -0.25) is 4.90 Å². The molecule has 0 radical (unpaired) electrons. The third-order valence-corrected chi connectivity index (χ3v) is 5.25. The van der Waals surface area contributed by atoms with Gasteiger partial charge in [-0.15, -0.1) is 0 Å². The maximum atomic E-state index is 3.47. The van der Waals surface area contributed by atoms with Crippen molar-refractivity contribution in [3.05, 3.63) is 29.8 Å². The zero-order valence-corrected chi connectivity index (χ0v) is 13.5. The first-order valence-corrected chi connectivity index (χ1v) is 8.58. The average molecular weight is 287 g/mol. The van der Waals surface area contributed by atoms with E-state index in [1.165, 1.54) is 56.7 Å². The van der Waals surface area contributed by atoms with Crippen molar-refractivity contribution >= 4 is 5.69 Å². The smallest absolute Gasteiger partial charge is 0.0415 e. The van der Waals surface area contributed by atoms with E-state index >= 15 is 0 Å². The molecule has 2 aliphatic rings. The van der Waals surface area contributed by atoms with Crippen LogP contribution in [0.4, 0.5) is 5.69 Å². The molecule has 2 aliphatic heterocycles. The number of nitrogens with one attached hydrogen (secondary N) is 1. The van der Waals surface area contributed by atoms with Crippen LogP contribution in [0.1, 0.15) is 44.2 Å². The van der Waals surface area contributed by atoms with E-state index < -0.39 is 0 Å². The van der Waals surface area contributed by atoms with E-state index in [-0.39, 0.29) is 0 Å². The van der Waals surface area contributed by atoms with Crippen LogP contribution in [-0.4, -0.2) is 44.2 Å². The summed E-state index contributed by atoms with van der Waals surface area (Å²) in [4.78, 5) is 5.33. The molecule has 1 N–H and O–H groups in total. The number of benzene rings is 1. The fourth-order valence-corrected chi connectivity index (χ4v) is 4.02. The summed E-state index contributed by atoms with van der Waals surface area (Å²) in [5.74, 6) is 0. The van der Waals surface area contributed by atoms with Gasteiger partial charge in [-0.1, -0.05) is 31.5 Å². The van der Waals surface area contributed by atoms with Crippen LogP contribution in [-0.2, 0) is 0 Å². The van der Waals surface area contributed by atoms with E-state index in [2.05, 4.69) is 53.4 Å². The van der Waals surface area contributed by atoms with Crippen molar-refractivity contribution in [3.63, 3.8) is 0 Å². The minimum atomic E-state index is 0.464. The van der Waals surface area contributed by atoms with Gasteiger partial charge in [-0.25, -0.2) is 0 Å². The number of piperazine rings is 1. The molecule has 1 aromatic carbocycles. The quantitative estimate of drug-likeness (QED) is 0.918. The second-order valence-electron chi connectivity index (χ2n) is 6.44. The predicted molar refractivity (Wildman–Crippen MR) is 90.0 cm³/mol. The SMILES string of the molecule is CCC(NC)c1ccccc1N1CCN2CCCCC2C1. The highest BCUT2D eigenvalue weighted by molar-refractivity contribution is 5.55. The highest BCUT2D eigenvalue weighted by Gasteiger charge is 2.30. The van der Waals surface area contributed by atoms with Gasteiger partial charge >= 0.3 is 0 Å². The summed E-state index contributed by atoms with van der Waals surface area (Å²) in [6, 6.07) is 10.2. The number of hydrogen-bond acceptors (Lipinski definition) is 3. The van der Waals surface area contributed by atoms with Crippen LogP contribution in [0, 0.1) is 0 Å². The maximum absolute atomic E-state index is 3.47. The molecule has 2 fully saturated rings. The molecule has 0 spiro atoms. The Balaban J connectivity index is 1.80. The molecule has 0 aromatic heterocycles. The van der Waals surface area contributed by atoms with E-state index in [4.69, 9.17) is 0 Å². The van der Waals surface area contributed by atoms with E-state index in [0.717, 1.165) is 12.5 Å². The van der Waals surface area contributed by atoms with Crippen molar-refractivity contribution in [1.29, 1.82) is 0 Å². The summed E-state index contributed by atoms with van der Waals surface area (Å²) >= 11 is 0. The average Bonchev–Trinajstić information content (AvgIpc) is 2.56. The Kier molecular flexibility index (Phi) is 4.81. The lowest BCUT2D eigenvalue weighted by Gasteiger charge is -2.45. The molecule has 0 saturated carbocycles. The topological polar surface area (TPSA) is 18.5 Å². The Morgan fingerprint density at radius 1 is 1.19 bits per heavy atom. The first kappa shape index (κ1) is 14.9. The van der Waals surface area contributed by atoms with E-state index in [9.17, 15) is 0 Å². The number of para-hydroxylation sites is 1. The zero-order valence-electron chi connectivity index (χ0n) is 13.5. The fraction of sp³-hybridized carbons (Fsp3) is 0.667. The largest absolute Gasteiger partial charge is 0.368 e. The van der Waals surface area contributed by atoms with E-state index in [0.29, 0.717) is 6.04 Å². The zero-order chi connectivity index (χ0) is 14.7. The second-order valence-corrected chi connectivity index (χ2v) is 6.44. The number of hydrogen-bond donors (Lipinski definition) is 1. The maximum Gasteiger partial charge on any atom is 0.0415 e. The van der Waals surface area contributed by atoms with Gasteiger partial charge < -0.3 is 10.2 Å². The fourth-order valence-electron chi connectivity index (χ4n) is 4.02. The molecule has 2 heterocycles. The van der Waals surface area contributed by atoms with Crippen LogP contribution in [0.2, 0.25) is 0 Å². The van der Waals surface area contributed by atoms with Gasteiger partial charge in [0, 0.05) is 37.4 Å². The van der Waals surface area contributed by atoms with E-state index in [1.54, 1.807) is 0 Å². The molecule has 3 heteroatoms. The van der Waals surface area contributed by atoms with Crippen molar-refractivity contribution in [2.24, 2.45) is 0 Å². The summed E-state index contributed by atoms with van der Waals surface area (Å²) in [5, 5.41) is 3.47. The summed E-state index contributed by atoms with van der Waals surface area (Å²) in [6.45, 7) is 7.19. The normalized spacial score (nSPS) is 24.7.